The van der Waals surface area contributed by atoms with E-state index in [4.69, 9.17) is 0 Å². The average Bonchev–Trinajstić information content (AvgIpc) is 3.06. The molecular weight excluding hydrogens is 373 g/mol. The normalized spacial score (nSPS) is 15.7. The smallest absolute Gasteiger partial charge is 0.325 e. The van der Waals surface area contributed by atoms with E-state index in [2.05, 4.69) is 32.1 Å². The topological polar surface area (TPSA) is 72.4 Å². The summed E-state index contributed by atoms with van der Waals surface area (Å²) in [6.07, 6.45) is 0.527. The number of halogens is 1. The van der Waals surface area contributed by atoms with E-state index in [9.17, 15) is 14.0 Å². The molecule has 1 aliphatic heterocycles. The number of carbonyl (C=O) groups is 2. The first-order chi connectivity index (χ1) is 14.1. The summed E-state index contributed by atoms with van der Waals surface area (Å²) in [6.45, 7) is 1.01. The highest BCUT2D eigenvalue weighted by atomic mass is 19.1. The number of carbonyl (C=O) groups excluding carboxylic acids is 2. The van der Waals surface area contributed by atoms with Crippen LogP contribution in [-0.2, 0) is 33.8 Å². The van der Waals surface area contributed by atoms with Gasteiger partial charge < -0.3 is 14.6 Å². The molecule has 29 heavy (non-hydrogen) atoms. The quantitative estimate of drug-likeness (QED) is 0.650. The fourth-order valence-corrected chi connectivity index (χ4v) is 3.85. The van der Waals surface area contributed by atoms with E-state index in [0.29, 0.717) is 19.5 Å². The van der Waals surface area contributed by atoms with Gasteiger partial charge in [-0.05, 0) is 35.7 Å². The van der Waals surface area contributed by atoms with E-state index >= 15 is 0 Å². The number of esters is 1. The number of para-hydroxylation sites is 1. The van der Waals surface area contributed by atoms with Crippen molar-refractivity contribution in [2.45, 2.75) is 25.6 Å². The molecule has 0 spiro atoms. The van der Waals surface area contributed by atoms with Crippen LogP contribution in [0.15, 0.2) is 48.5 Å². The first kappa shape index (κ1) is 19.1. The number of fused-ring (bicyclic) bond motifs is 3. The van der Waals surface area contributed by atoms with E-state index in [0.717, 1.165) is 27.7 Å². The molecule has 1 aliphatic rings. The second-order valence-corrected chi connectivity index (χ2v) is 7.09. The maximum Gasteiger partial charge on any atom is 0.325 e. The molecule has 1 unspecified atom stereocenters. The fourth-order valence-electron chi connectivity index (χ4n) is 3.85. The maximum atomic E-state index is 13.3. The minimum absolute atomic E-state index is 0.146. The molecular formula is C22H22FN3O3. The Kier molecular flexibility index (Phi) is 5.31. The Morgan fingerprint density at radius 2 is 1.97 bits per heavy atom. The number of nitrogens with zero attached hydrogens (tertiary/aromatic N) is 1. The first-order valence-electron chi connectivity index (χ1n) is 9.48. The van der Waals surface area contributed by atoms with Crippen LogP contribution in [-0.4, -0.2) is 36.1 Å². The molecule has 3 aromatic rings. The molecule has 0 aliphatic carbocycles. The Bertz CT molecular complexity index is 1060. The summed E-state index contributed by atoms with van der Waals surface area (Å²) in [5, 5.41) is 6.99. The molecule has 1 aromatic heterocycles. The molecule has 0 radical (unpaired) electrons. The summed E-state index contributed by atoms with van der Waals surface area (Å²) >= 11 is 0. The molecule has 6 nitrogen and oxygen atoms in total. The van der Waals surface area contributed by atoms with Gasteiger partial charge in [0.05, 0.1) is 13.2 Å². The second-order valence-electron chi connectivity index (χ2n) is 7.09. The summed E-state index contributed by atoms with van der Waals surface area (Å²) in [6, 6.07) is 14.2. The van der Waals surface area contributed by atoms with Gasteiger partial charge in [-0.2, -0.15) is 0 Å². The number of rotatable bonds is 5. The Morgan fingerprint density at radius 3 is 2.72 bits per heavy atom. The predicted octanol–water partition coefficient (Wildman–Crippen LogP) is 2.13. The molecule has 0 saturated carbocycles. The zero-order chi connectivity index (χ0) is 20.4. The standard InChI is InChI=1S/C22H22FN3O3/c1-29-21(27)12-25-22(28)18-10-17-16-4-2-3-5-19(16)26(20(17)11-24-18)13-14-6-8-15(23)9-7-14/h2-9,18,24H,10-13H2,1H3,(H,25,28). The van der Waals surface area contributed by atoms with Gasteiger partial charge >= 0.3 is 5.97 Å². The van der Waals surface area contributed by atoms with Crippen LogP contribution < -0.4 is 10.6 Å². The Balaban J connectivity index is 1.62. The van der Waals surface area contributed by atoms with E-state index in [-0.39, 0.29) is 18.3 Å². The third-order valence-corrected chi connectivity index (χ3v) is 5.32. The van der Waals surface area contributed by atoms with Crippen molar-refractivity contribution in [3.05, 3.63) is 71.2 Å². The van der Waals surface area contributed by atoms with Crippen molar-refractivity contribution >= 4 is 22.8 Å². The molecule has 0 fully saturated rings. The number of amides is 1. The number of hydrogen-bond acceptors (Lipinski definition) is 4. The largest absolute Gasteiger partial charge is 0.468 e. The summed E-state index contributed by atoms with van der Waals surface area (Å²) in [4.78, 5) is 23.8. The minimum atomic E-state index is -0.481. The molecule has 1 atom stereocenters. The Hall–Kier alpha value is -3.19. The molecule has 2 aromatic carbocycles. The van der Waals surface area contributed by atoms with Gasteiger partial charge in [-0.3, -0.25) is 14.9 Å². The van der Waals surface area contributed by atoms with E-state index < -0.39 is 12.0 Å². The van der Waals surface area contributed by atoms with Gasteiger partial charge in [-0.1, -0.05) is 30.3 Å². The SMILES string of the molecule is COC(=O)CNC(=O)C1Cc2c(n(Cc3ccc(F)cc3)c3ccccc23)CN1. The van der Waals surface area contributed by atoms with Crippen molar-refractivity contribution in [1.29, 1.82) is 0 Å². The molecule has 0 bridgehead atoms. The molecule has 2 N–H and O–H groups in total. The molecule has 0 saturated heterocycles. The van der Waals surface area contributed by atoms with Gasteiger partial charge in [0.15, 0.2) is 0 Å². The number of methoxy groups -OCH3 is 1. The predicted molar refractivity (Wildman–Crippen MR) is 107 cm³/mol. The lowest BCUT2D eigenvalue weighted by Gasteiger charge is -2.25. The third kappa shape index (κ3) is 3.86. The zero-order valence-electron chi connectivity index (χ0n) is 16.1. The lowest BCUT2D eigenvalue weighted by Crippen LogP contribution is -2.49. The van der Waals surface area contributed by atoms with Crippen molar-refractivity contribution in [3.63, 3.8) is 0 Å². The van der Waals surface area contributed by atoms with E-state index in [1.807, 2.05) is 12.1 Å². The summed E-state index contributed by atoms with van der Waals surface area (Å²) in [5.74, 6) is -0.960. The van der Waals surface area contributed by atoms with Crippen LogP contribution in [0.5, 0.6) is 0 Å². The highest BCUT2D eigenvalue weighted by molar-refractivity contribution is 5.90. The summed E-state index contributed by atoms with van der Waals surface area (Å²) < 4.78 is 20.0. The van der Waals surface area contributed by atoms with Crippen molar-refractivity contribution < 1.29 is 18.7 Å². The average molecular weight is 395 g/mol. The van der Waals surface area contributed by atoms with Crippen LogP contribution >= 0.6 is 0 Å². The van der Waals surface area contributed by atoms with Crippen molar-refractivity contribution in [1.82, 2.24) is 15.2 Å². The van der Waals surface area contributed by atoms with Crippen LogP contribution in [0.1, 0.15) is 16.8 Å². The van der Waals surface area contributed by atoms with Gasteiger partial charge in [0.25, 0.3) is 0 Å². The molecule has 7 heteroatoms. The van der Waals surface area contributed by atoms with Crippen LogP contribution in [0.25, 0.3) is 10.9 Å². The number of benzene rings is 2. The summed E-state index contributed by atoms with van der Waals surface area (Å²) in [7, 11) is 1.29. The molecule has 1 amide bonds. The highest BCUT2D eigenvalue weighted by Crippen LogP contribution is 2.30. The Labute approximate surface area is 167 Å². The monoisotopic (exact) mass is 395 g/mol. The zero-order valence-corrected chi connectivity index (χ0v) is 16.1. The fraction of sp³-hybridized carbons (Fsp3) is 0.273. The molecule has 150 valence electrons. The third-order valence-electron chi connectivity index (χ3n) is 5.32. The van der Waals surface area contributed by atoms with Crippen LogP contribution in [0.4, 0.5) is 4.39 Å². The molecule has 2 heterocycles. The van der Waals surface area contributed by atoms with E-state index in [1.54, 1.807) is 12.1 Å². The van der Waals surface area contributed by atoms with Crippen molar-refractivity contribution in [2.24, 2.45) is 0 Å². The highest BCUT2D eigenvalue weighted by Gasteiger charge is 2.29. The van der Waals surface area contributed by atoms with Gasteiger partial charge in [0, 0.05) is 29.7 Å². The van der Waals surface area contributed by atoms with E-state index in [1.165, 1.54) is 19.2 Å². The van der Waals surface area contributed by atoms with Crippen molar-refractivity contribution in [3.8, 4) is 0 Å². The van der Waals surface area contributed by atoms with Crippen LogP contribution in [0.3, 0.4) is 0 Å². The second kappa shape index (κ2) is 8.05. The van der Waals surface area contributed by atoms with Gasteiger partial charge in [-0.15, -0.1) is 0 Å². The van der Waals surface area contributed by atoms with Crippen LogP contribution in [0.2, 0.25) is 0 Å². The number of hydrogen-bond donors (Lipinski definition) is 2. The van der Waals surface area contributed by atoms with Gasteiger partial charge in [0.1, 0.15) is 12.4 Å². The van der Waals surface area contributed by atoms with Crippen molar-refractivity contribution in [2.75, 3.05) is 13.7 Å². The number of nitrogens with one attached hydrogen (secondary N) is 2. The Morgan fingerprint density at radius 1 is 1.21 bits per heavy atom. The minimum Gasteiger partial charge on any atom is -0.468 e. The first-order valence-corrected chi connectivity index (χ1v) is 9.48. The summed E-state index contributed by atoms with van der Waals surface area (Å²) in [5.41, 5.74) is 4.33. The van der Waals surface area contributed by atoms with Gasteiger partial charge in [0.2, 0.25) is 5.91 Å². The molecule has 4 rings (SSSR count). The lowest BCUT2D eigenvalue weighted by atomic mass is 9.98. The lowest BCUT2D eigenvalue weighted by molar-refractivity contribution is -0.141. The number of aromatic nitrogens is 1. The maximum absolute atomic E-state index is 13.3. The number of ether oxygens (including phenoxy) is 1. The van der Waals surface area contributed by atoms with Crippen LogP contribution in [0, 0.1) is 5.82 Å². The van der Waals surface area contributed by atoms with Gasteiger partial charge in [-0.25, -0.2) is 4.39 Å².